The van der Waals surface area contributed by atoms with Crippen LogP contribution in [0.25, 0.3) is 0 Å². The molecule has 0 bridgehead atoms. The molecule has 0 aliphatic heterocycles. The van der Waals surface area contributed by atoms with Crippen molar-refractivity contribution in [2.24, 2.45) is 0 Å². The van der Waals surface area contributed by atoms with Gasteiger partial charge in [0, 0.05) is 18.2 Å². The highest BCUT2D eigenvalue weighted by Crippen LogP contribution is 1.97. The van der Waals surface area contributed by atoms with Gasteiger partial charge in [0.25, 0.3) is 0 Å². The Morgan fingerprint density at radius 3 is 2.78 bits per heavy atom. The van der Waals surface area contributed by atoms with Gasteiger partial charge >= 0.3 is 0 Å². The van der Waals surface area contributed by atoms with Gasteiger partial charge < -0.3 is 4.90 Å². The van der Waals surface area contributed by atoms with Crippen molar-refractivity contribution in [2.75, 3.05) is 20.6 Å². The van der Waals surface area contributed by atoms with Crippen LogP contribution in [0.5, 0.6) is 0 Å². The molecule has 0 aromatic heterocycles. The Kier molecular flexibility index (Phi) is 1.75. The Balaban J connectivity index is 2.51. The second-order valence-corrected chi connectivity index (χ2v) is 2.30. The van der Waals surface area contributed by atoms with Gasteiger partial charge in [0.15, 0.2) is 0 Å². The van der Waals surface area contributed by atoms with Gasteiger partial charge in [-0.05, 0) is 19.8 Å². The van der Waals surface area contributed by atoms with Crippen LogP contribution >= 0.6 is 0 Å². The van der Waals surface area contributed by atoms with Gasteiger partial charge in [-0.15, -0.1) is 0 Å². The lowest BCUT2D eigenvalue weighted by molar-refractivity contribution is 0.449. The van der Waals surface area contributed by atoms with E-state index in [2.05, 4.69) is 22.1 Å². The second-order valence-electron chi connectivity index (χ2n) is 2.30. The Morgan fingerprint density at radius 1 is 1.56 bits per heavy atom. The molecule has 1 rings (SSSR count). The van der Waals surface area contributed by atoms with E-state index in [1.54, 1.807) is 0 Å². The van der Waals surface area contributed by atoms with Crippen molar-refractivity contribution in [3.05, 3.63) is 28.8 Å². The molecule has 46 valence electrons. The molecule has 0 radical (unpaired) electrons. The van der Waals surface area contributed by atoms with E-state index in [9.17, 15) is 0 Å². The number of nitrogens with zero attached hydrogens (tertiary/aromatic N) is 1. The highest BCUT2D eigenvalue weighted by atomic mass is 15.0. The van der Waals surface area contributed by atoms with Crippen LogP contribution in [0.15, 0.2) is 28.8 Å². The number of likely N-dealkylation sites (N-methyl/N-ethyl adjacent to an activating group) is 1. The summed E-state index contributed by atoms with van der Waals surface area (Å²) in [7, 11) is 4.06. The van der Waals surface area contributed by atoms with Crippen LogP contribution in [0.2, 0.25) is 0 Å². The van der Waals surface area contributed by atoms with Gasteiger partial charge in [-0.3, -0.25) is 0 Å². The van der Waals surface area contributed by atoms with E-state index in [1.165, 1.54) is 0 Å². The zero-order valence-electron chi connectivity index (χ0n) is 5.73. The molecule has 1 nitrogen and oxygen atoms in total. The maximum Gasteiger partial charge on any atom is 0.0314 e. The van der Waals surface area contributed by atoms with Crippen molar-refractivity contribution in [1.29, 1.82) is 0 Å². The van der Waals surface area contributed by atoms with Crippen LogP contribution in [0.1, 0.15) is 0 Å². The van der Waals surface area contributed by atoms with Crippen molar-refractivity contribution in [1.82, 2.24) is 4.90 Å². The van der Waals surface area contributed by atoms with Crippen molar-refractivity contribution in [3.8, 4) is 0 Å². The summed E-state index contributed by atoms with van der Waals surface area (Å²) in [4.78, 5) is 2.09. The van der Waals surface area contributed by atoms with Crippen molar-refractivity contribution in [3.63, 3.8) is 0 Å². The average molecular weight is 119 g/mol. The Morgan fingerprint density at radius 2 is 2.33 bits per heavy atom. The lowest BCUT2D eigenvalue weighted by Crippen LogP contribution is -2.13. The molecule has 0 unspecified atom stereocenters. The first-order valence-electron chi connectivity index (χ1n) is 2.89. The van der Waals surface area contributed by atoms with Crippen molar-refractivity contribution < 1.29 is 0 Å². The average Bonchev–Trinajstić information content (AvgIpc) is 2.15. The molecule has 0 aromatic rings. The van der Waals surface area contributed by atoms with Crippen LogP contribution in [-0.2, 0) is 0 Å². The Hall–Kier alpha value is -0.960. The highest BCUT2D eigenvalue weighted by Gasteiger charge is 1.93. The van der Waals surface area contributed by atoms with Crippen LogP contribution in [-0.4, -0.2) is 25.5 Å². The van der Waals surface area contributed by atoms with E-state index in [-0.39, 0.29) is 0 Å². The van der Waals surface area contributed by atoms with Gasteiger partial charge in [0.1, 0.15) is 0 Å². The van der Waals surface area contributed by atoms with E-state index >= 15 is 0 Å². The molecule has 0 spiro atoms. The fourth-order valence-electron chi connectivity index (χ4n) is 0.702. The quantitative estimate of drug-likeness (QED) is 0.489. The normalized spacial score (nSPS) is 13.4. The summed E-state index contributed by atoms with van der Waals surface area (Å²) in [5.74, 6) is 0. The van der Waals surface area contributed by atoms with Gasteiger partial charge in [-0.2, -0.15) is 0 Å². The van der Waals surface area contributed by atoms with Crippen LogP contribution in [0.3, 0.4) is 0 Å². The smallest absolute Gasteiger partial charge is 0.0314 e. The lowest BCUT2D eigenvalue weighted by atomic mass is 10.3. The first kappa shape index (κ1) is 6.16. The first-order chi connectivity index (χ1) is 4.29. The second kappa shape index (κ2) is 2.55. The molecule has 0 aromatic carbocycles. The third kappa shape index (κ3) is 1.77. The first-order valence-corrected chi connectivity index (χ1v) is 2.89. The van der Waals surface area contributed by atoms with Gasteiger partial charge in [-0.25, -0.2) is 0 Å². The maximum absolute atomic E-state index is 2.95. The largest absolute Gasteiger partial charge is 0.304 e. The van der Waals surface area contributed by atoms with Gasteiger partial charge in [-0.1, -0.05) is 11.5 Å². The fourth-order valence-corrected chi connectivity index (χ4v) is 0.702. The van der Waals surface area contributed by atoms with E-state index < -0.39 is 0 Å². The number of rotatable bonds is 2. The van der Waals surface area contributed by atoms with E-state index in [0.717, 1.165) is 12.1 Å². The van der Waals surface area contributed by atoms with Crippen LogP contribution in [0.4, 0.5) is 0 Å². The van der Waals surface area contributed by atoms with E-state index in [0.29, 0.717) is 0 Å². The maximum atomic E-state index is 2.95. The molecule has 1 heteroatoms. The zero-order valence-corrected chi connectivity index (χ0v) is 5.73. The lowest BCUT2D eigenvalue weighted by Gasteiger charge is -2.05. The standard InChI is InChI=1S/C8H9N/c1-9(2)7-8-5-3-4-6-8/h5H,7H2,1-2H3. The van der Waals surface area contributed by atoms with E-state index in [4.69, 9.17) is 0 Å². The third-order valence-corrected chi connectivity index (χ3v) is 1.03. The molecule has 1 aliphatic carbocycles. The summed E-state index contributed by atoms with van der Waals surface area (Å²) in [5, 5.41) is 0. The Labute approximate surface area is 55.3 Å². The minimum atomic E-state index is 0.931. The highest BCUT2D eigenvalue weighted by molar-refractivity contribution is 5.23. The van der Waals surface area contributed by atoms with Crippen molar-refractivity contribution >= 4 is 0 Å². The Bertz CT molecular complexity index is 229. The molecule has 0 fully saturated rings. The SMILES string of the molecule is CN(C)CC1=C=C=C=C1. The van der Waals surface area contributed by atoms with Crippen LogP contribution in [0, 0.1) is 0 Å². The molecule has 1 aliphatic rings. The molecule has 0 heterocycles. The minimum Gasteiger partial charge on any atom is -0.304 e. The molecule has 0 N–H and O–H groups in total. The van der Waals surface area contributed by atoms with Gasteiger partial charge in [0.2, 0.25) is 0 Å². The van der Waals surface area contributed by atoms with Gasteiger partial charge in [0.05, 0.1) is 0 Å². The molecule has 0 amide bonds. The minimum absolute atomic E-state index is 0.931. The van der Waals surface area contributed by atoms with E-state index in [1.807, 2.05) is 20.2 Å². The number of hydrogen-bond acceptors (Lipinski definition) is 1. The molecule has 0 atom stereocenters. The summed E-state index contributed by atoms with van der Waals surface area (Å²) in [5.41, 5.74) is 9.69. The topological polar surface area (TPSA) is 3.24 Å². The summed E-state index contributed by atoms with van der Waals surface area (Å²) in [6.07, 6.45) is 1.90. The molecular formula is C8H9N. The monoisotopic (exact) mass is 119 g/mol. The third-order valence-electron chi connectivity index (χ3n) is 1.03. The zero-order chi connectivity index (χ0) is 6.69. The summed E-state index contributed by atoms with van der Waals surface area (Å²) in [6, 6.07) is 0. The summed E-state index contributed by atoms with van der Waals surface area (Å²) >= 11 is 0. The molecule has 0 saturated heterocycles. The van der Waals surface area contributed by atoms with Crippen molar-refractivity contribution in [2.45, 2.75) is 0 Å². The fraction of sp³-hybridized carbons (Fsp3) is 0.375. The van der Waals surface area contributed by atoms with Crippen LogP contribution < -0.4 is 0 Å². The predicted molar refractivity (Wildman–Crippen MR) is 37.2 cm³/mol. The number of hydrogen-bond donors (Lipinski definition) is 0. The summed E-state index contributed by atoms with van der Waals surface area (Å²) < 4.78 is 0. The molecule has 9 heavy (non-hydrogen) atoms. The molecule has 0 saturated carbocycles. The summed E-state index contributed by atoms with van der Waals surface area (Å²) in [6.45, 7) is 0.931. The molecular weight excluding hydrogens is 110 g/mol. The predicted octanol–water partition coefficient (Wildman–Crippen LogP) is 0.953.